The molecule has 2 aliphatic rings. The second-order valence-corrected chi connectivity index (χ2v) is 14.2. The van der Waals surface area contributed by atoms with Gasteiger partial charge < -0.3 is 25.1 Å². The van der Waals surface area contributed by atoms with Gasteiger partial charge in [-0.3, -0.25) is 14.4 Å². The minimum atomic E-state index is -1.12. The van der Waals surface area contributed by atoms with E-state index in [4.69, 9.17) is 20.2 Å². The summed E-state index contributed by atoms with van der Waals surface area (Å²) >= 11 is 0. The fourth-order valence-corrected chi connectivity index (χ4v) is 6.05. The molecule has 1 saturated heterocycles. The highest BCUT2D eigenvalue weighted by Gasteiger charge is 2.40. The van der Waals surface area contributed by atoms with E-state index >= 15 is 0 Å². The molecule has 0 spiro atoms. The Hall–Kier alpha value is -2.94. The summed E-state index contributed by atoms with van der Waals surface area (Å²) in [6.45, 7) is 16.0. The van der Waals surface area contributed by atoms with E-state index in [0.29, 0.717) is 36.6 Å². The summed E-state index contributed by atoms with van der Waals surface area (Å²) < 4.78 is 6.27. The highest BCUT2D eigenvalue weighted by Crippen LogP contribution is 2.43. The maximum Gasteiger partial charge on any atom is 0.320 e. The van der Waals surface area contributed by atoms with Gasteiger partial charge in [-0.05, 0) is 62.8 Å². The molecular formula is C31H46N4O5. The van der Waals surface area contributed by atoms with Gasteiger partial charge in [0.1, 0.15) is 11.6 Å². The normalized spacial score (nSPS) is 20.5. The summed E-state index contributed by atoms with van der Waals surface area (Å²) in [6.07, 6.45) is 4.70. The van der Waals surface area contributed by atoms with Gasteiger partial charge in [-0.15, -0.1) is 0 Å². The molecule has 0 bridgehead atoms. The minimum Gasteiger partial charge on any atom is -0.480 e. The van der Waals surface area contributed by atoms with E-state index in [2.05, 4.69) is 40.7 Å². The summed E-state index contributed by atoms with van der Waals surface area (Å²) in [6, 6.07) is 2.91. The standard InChI is InChI=1S/C31H46N4O5/c1-29(2,3)20-16-22(19-10-12-30(4,5)13-11-19)33-23-17-24(40-26(20)23)27(37)35-15-14-34(18-31(35,6)7)25(36)9-8-21(32)28(38)39/h16-17,19,21H,8-15,18,32H2,1-7H3,(H,38,39). The first-order valence-corrected chi connectivity index (χ1v) is 14.5. The van der Waals surface area contributed by atoms with Crippen LogP contribution >= 0.6 is 0 Å². The molecule has 9 heteroatoms. The molecular weight excluding hydrogens is 508 g/mol. The highest BCUT2D eigenvalue weighted by atomic mass is 16.4. The summed E-state index contributed by atoms with van der Waals surface area (Å²) in [5.41, 5.74) is 8.64. The fraction of sp³-hybridized carbons (Fsp3) is 0.677. The summed E-state index contributed by atoms with van der Waals surface area (Å²) in [5, 5.41) is 9.00. The number of furan rings is 1. The molecule has 0 aromatic carbocycles. The largest absolute Gasteiger partial charge is 0.480 e. The Morgan fingerprint density at radius 2 is 1.77 bits per heavy atom. The maximum absolute atomic E-state index is 13.8. The molecule has 220 valence electrons. The molecule has 1 atom stereocenters. The lowest BCUT2D eigenvalue weighted by molar-refractivity contribution is -0.139. The van der Waals surface area contributed by atoms with Crippen LogP contribution in [0.4, 0.5) is 0 Å². The van der Waals surface area contributed by atoms with Gasteiger partial charge in [-0.1, -0.05) is 34.6 Å². The van der Waals surface area contributed by atoms with Crippen molar-refractivity contribution < 1.29 is 23.9 Å². The van der Waals surface area contributed by atoms with Crippen molar-refractivity contribution in [3.05, 3.63) is 29.2 Å². The second kappa shape index (κ2) is 10.8. The van der Waals surface area contributed by atoms with E-state index in [1.165, 1.54) is 12.8 Å². The highest BCUT2D eigenvalue weighted by molar-refractivity contribution is 5.96. The zero-order valence-corrected chi connectivity index (χ0v) is 25.2. The first kappa shape index (κ1) is 30.0. The first-order valence-electron chi connectivity index (χ1n) is 14.5. The van der Waals surface area contributed by atoms with Gasteiger partial charge in [-0.25, -0.2) is 4.98 Å². The molecule has 1 saturated carbocycles. The third kappa shape index (κ3) is 6.35. The van der Waals surface area contributed by atoms with E-state index in [0.717, 1.165) is 29.6 Å². The van der Waals surface area contributed by atoms with Crippen LogP contribution < -0.4 is 5.73 Å². The van der Waals surface area contributed by atoms with Crippen molar-refractivity contribution in [1.29, 1.82) is 0 Å². The third-order valence-corrected chi connectivity index (χ3v) is 8.76. The minimum absolute atomic E-state index is 0.0587. The average molecular weight is 555 g/mol. The Labute approximate surface area is 237 Å². The van der Waals surface area contributed by atoms with E-state index in [9.17, 15) is 14.4 Å². The maximum atomic E-state index is 13.8. The molecule has 3 heterocycles. The number of fused-ring (bicyclic) bond motifs is 1. The van der Waals surface area contributed by atoms with Gasteiger partial charge >= 0.3 is 5.97 Å². The summed E-state index contributed by atoms with van der Waals surface area (Å²) in [5.74, 6) is -0.826. The van der Waals surface area contributed by atoms with Gasteiger partial charge in [-0.2, -0.15) is 0 Å². The molecule has 1 unspecified atom stereocenters. The smallest absolute Gasteiger partial charge is 0.320 e. The number of carbonyl (C=O) groups excluding carboxylic acids is 2. The number of aliphatic carboxylic acids is 1. The van der Waals surface area contributed by atoms with Crippen LogP contribution in [0.5, 0.6) is 0 Å². The van der Waals surface area contributed by atoms with Crippen molar-refractivity contribution in [2.75, 3.05) is 19.6 Å². The number of carboxylic acids is 1. The number of carboxylic acid groups (broad SMARTS) is 1. The SMILES string of the molecule is CC1(C)CCC(c2cc(C(C)(C)C)c3oc(C(=O)N4CCN(C(=O)CCC(N)C(=O)O)CC4(C)C)cc3n2)CC1. The zero-order valence-electron chi connectivity index (χ0n) is 25.2. The van der Waals surface area contributed by atoms with Crippen LogP contribution in [-0.2, 0) is 15.0 Å². The number of carbonyl (C=O) groups is 3. The van der Waals surface area contributed by atoms with Crippen molar-refractivity contribution in [2.24, 2.45) is 11.1 Å². The quantitative estimate of drug-likeness (QED) is 0.510. The molecule has 4 rings (SSSR count). The van der Waals surface area contributed by atoms with Crippen LogP contribution in [0.25, 0.3) is 11.1 Å². The van der Waals surface area contributed by atoms with Crippen molar-refractivity contribution >= 4 is 28.9 Å². The van der Waals surface area contributed by atoms with Gasteiger partial charge in [0.05, 0.1) is 5.54 Å². The Bertz CT molecular complexity index is 1280. The Kier molecular flexibility index (Phi) is 8.11. The molecule has 2 amide bonds. The van der Waals surface area contributed by atoms with Crippen LogP contribution in [0.3, 0.4) is 0 Å². The lowest BCUT2D eigenvalue weighted by atomic mass is 9.72. The molecule has 1 aliphatic heterocycles. The molecule has 1 aliphatic carbocycles. The number of amides is 2. The van der Waals surface area contributed by atoms with Crippen molar-refractivity contribution in [1.82, 2.24) is 14.8 Å². The summed E-state index contributed by atoms with van der Waals surface area (Å²) in [4.78, 5) is 46.0. The molecule has 40 heavy (non-hydrogen) atoms. The van der Waals surface area contributed by atoms with Crippen molar-refractivity contribution in [2.45, 2.75) is 110 Å². The zero-order chi connectivity index (χ0) is 29.6. The number of nitrogens with zero attached hydrogens (tertiary/aromatic N) is 3. The van der Waals surface area contributed by atoms with Crippen LogP contribution in [0.1, 0.15) is 115 Å². The van der Waals surface area contributed by atoms with Crippen LogP contribution in [0, 0.1) is 5.41 Å². The molecule has 3 N–H and O–H groups in total. The van der Waals surface area contributed by atoms with Crippen molar-refractivity contribution in [3.8, 4) is 0 Å². The molecule has 2 aromatic rings. The predicted molar refractivity (Wildman–Crippen MR) is 154 cm³/mol. The van der Waals surface area contributed by atoms with Crippen LogP contribution in [0.15, 0.2) is 16.5 Å². The Morgan fingerprint density at radius 3 is 2.35 bits per heavy atom. The first-order chi connectivity index (χ1) is 18.5. The predicted octanol–water partition coefficient (Wildman–Crippen LogP) is 5.06. The van der Waals surface area contributed by atoms with Crippen LogP contribution in [-0.4, -0.2) is 68.9 Å². The number of pyridine rings is 1. The molecule has 2 aromatic heterocycles. The molecule has 9 nitrogen and oxygen atoms in total. The van der Waals surface area contributed by atoms with E-state index in [1.807, 2.05) is 13.8 Å². The fourth-order valence-electron chi connectivity index (χ4n) is 6.05. The second-order valence-electron chi connectivity index (χ2n) is 14.2. The van der Waals surface area contributed by atoms with Crippen LogP contribution in [0.2, 0.25) is 0 Å². The van der Waals surface area contributed by atoms with Gasteiger partial charge in [0.15, 0.2) is 11.3 Å². The van der Waals surface area contributed by atoms with Gasteiger partial charge in [0.25, 0.3) is 5.91 Å². The lowest BCUT2D eigenvalue weighted by Gasteiger charge is -2.46. The third-order valence-electron chi connectivity index (χ3n) is 8.76. The topological polar surface area (TPSA) is 130 Å². The number of hydrogen-bond acceptors (Lipinski definition) is 6. The Morgan fingerprint density at radius 1 is 1.12 bits per heavy atom. The van der Waals surface area contributed by atoms with Gasteiger partial charge in [0.2, 0.25) is 5.91 Å². The Balaban J connectivity index is 1.55. The molecule has 2 fully saturated rings. The number of piperazine rings is 1. The molecule has 0 radical (unpaired) electrons. The number of hydrogen-bond donors (Lipinski definition) is 2. The average Bonchev–Trinajstić information content (AvgIpc) is 3.29. The number of aromatic nitrogens is 1. The number of rotatable bonds is 6. The number of nitrogens with two attached hydrogens (primary N) is 1. The van der Waals surface area contributed by atoms with E-state index in [-0.39, 0.29) is 35.8 Å². The summed E-state index contributed by atoms with van der Waals surface area (Å²) in [7, 11) is 0. The van der Waals surface area contributed by atoms with E-state index in [1.54, 1.807) is 15.9 Å². The van der Waals surface area contributed by atoms with E-state index < -0.39 is 17.6 Å². The van der Waals surface area contributed by atoms with Gasteiger partial charge in [0, 0.05) is 49.3 Å². The van der Waals surface area contributed by atoms with Crippen molar-refractivity contribution in [3.63, 3.8) is 0 Å². The monoisotopic (exact) mass is 554 g/mol. The lowest BCUT2D eigenvalue weighted by Crippen LogP contribution is -2.62.